The third-order valence-corrected chi connectivity index (χ3v) is 5.22. The van der Waals surface area contributed by atoms with Gasteiger partial charge >= 0.3 is 6.03 Å². The average molecular weight is 439 g/mol. The molecular weight excluding hydrogens is 408 g/mol. The molecule has 8 nitrogen and oxygen atoms in total. The van der Waals surface area contributed by atoms with Crippen molar-refractivity contribution in [3.05, 3.63) is 72.4 Å². The molecule has 0 bridgehead atoms. The number of urea groups is 1. The second kappa shape index (κ2) is 10.6. The van der Waals surface area contributed by atoms with Gasteiger partial charge in [0.25, 0.3) is 0 Å². The first-order chi connectivity index (χ1) is 15.4. The Morgan fingerprint density at radius 3 is 2.50 bits per heavy atom. The highest BCUT2D eigenvalue weighted by atomic mass is 16.5. The molecular formula is C24H30N4O4. The number of amides is 3. The molecule has 170 valence electrons. The summed E-state index contributed by atoms with van der Waals surface area (Å²) >= 11 is 0. The summed E-state index contributed by atoms with van der Waals surface area (Å²) in [6, 6.07) is 14.2. The van der Waals surface area contributed by atoms with Crippen LogP contribution in [0.1, 0.15) is 25.3 Å². The predicted octanol–water partition coefficient (Wildman–Crippen LogP) is 4.10. The molecule has 0 radical (unpaired) electrons. The molecule has 0 aliphatic rings. The van der Waals surface area contributed by atoms with E-state index in [2.05, 4.69) is 5.32 Å². The Kier molecular flexibility index (Phi) is 7.59. The van der Waals surface area contributed by atoms with Crippen LogP contribution in [0.5, 0.6) is 5.75 Å². The Balaban J connectivity index is 1.76. The lowest BCUT2D eigenvalue weighted by molar-refractivity contribution is -0.133. The average Bonchev–Trinajstić information content (AvgIpc) is 3.43. The predicted molar refractivity (Wildman–Crippen MR) is 122 cm³/mol. The van der Waals surface area contributed by atoms with Crippen molar-refractivity contribution in [1.29, 1.82) is 0 Å². The van der Waals surface area contributed by atoms with Crippen LogP contribution in [0.15, 0.2) is 65.4 Å². The quantitative estimate of drug-likeness (QED) is 0.546. The van der Waals surface area contributed by atoms with E-state index in [0.717, 1.165) is 5.69 Å². The van der Waals surface area contributed by atoms with Crippen molar-refractivity contribution in [2.24, 2.45) is 7.05 Å². The van der Waals surface area contributed by atoms with Gasteiger partial charge in [-0.1, -0.05) is 12.1 Å². The maximum absolute atomic E-state index is 13.3. The maximum Gasteiger partial charge on any atom is 0.322 e. The number of carbonyl (C=O) groups is 2. The molecule has 0 saturated carbocycles. The van der Waals surface area contributed by atoms with Crippen molar-refractivity contribution in [3.8, 4) is 5.75 Å². The highest BCUT2D eigenvalue weighted by Crippen LogP contribution is 2.23. The van der Waals surface area contributed by atoms with Crippen LogP contribution < -0.4 is 10.1 Å². The Hall–Kier alpha value is -3.68. The van der Waals surface area contributed by atoms with Gasteiger partial charge in [-0.05, 0) is 50.2 Å². The van der Waals surface area contributed by atoms with Gasteiger partial charge in [-0.15, -0.1) is 0 Å². The number of nitrogens with one attached hydrogen (secondary N) is 1. The number of anilines is 1. The Morgan fingerprint density at radius 1 is 1.09 bits per heavy atom. The molecule has 2 aromatic heterocycles. The van der Waals surface area contributed by atoms with Crippen molar-refractivity contribution in [2.75, 3.05) is 19.0 Å². The molecule has 32 heavy (non-hydrogen) atoms. The van der Waals surface area contributed by atoms with E-state index < -0.39 is 0 Å². The molecule has 0 spiro atoms. The minimum Gasteiger partial charge on any atom is -0.495 e. The van der Waals surface area contributed by atoms with Crippen molar-refractivity contribution in [3.63, 3.8) is 0 Å². The SMILES string of the molecule is COc1ccccc1NC(=O)N(CC(=O)N(Cc1ccco1)Cc1cccn1C)C(C)C. The summed E-state index contributed by atoms with van der Waals surface area (Å²) in [5.41, 5.74) is 1.54. The molecule has 0 aliphatic carbocycles. The van der Waals surface area contributed by atoms with Gasteiger partial charge in [-0.2, -0.15) is 0 Å². The first-order valence-corrected chi connectivity index (χ1v) is 10.5. The van der Waals surface area contributed by atoms with E-state index in [1.165, 1.54) is 4.90 Å². The van der Waals surface area contributed by atoms with Gasteiger partial charge in [0.1, 0.15) is 18.1 Å². The van der Waals surface area contributed by atoms with Crippen molar-refractivity contribution >= 4 is 17.6 Å². The zero-order valence-corrected chi connectivity index (χ0v) is 18.9. The molecule has 0 unspecified atom stereocenters. The van der Waals surface area contributed by atoms with E-state index in [1.807, 2.05) is 62.0 Å². The molecule has 0 atom stereocenters. The van der Waals surface area contributed by atoms with E-state index in [1.54, 1.807) is 36.5 Å². The third kappa shape index (κ3) is 5.72. The van der Waals surface area contributed by atoms with Crippen LogP contribution in [0.25, 0.3) is 0 Å². The molecule has 0 aliphatic heterocycles. The monoisotopic (exact) mass is 438 g/mol. The standard InChI is InChI=1S/C24H30N4O4/c1-18(2)28(24(30)25-21-11-5-6-12-22(21)31-4)17-23(29)27(16-20-10-8-14-32-20)15-19-9-7-13-26(19)3/h5-14,18H,15-17H2,1-4H3,(H,25,30). The third-order valence-electron chi connectivity index (χ3n) is 5.22. The first kappa shape index (κ1) is 23.0. The smallest absolute Gasteiger partial charge is 0.322 e. The lowest BCUT2D eigenvalue weighted by Gasteiger charge is -2.30. The number of benzene rings is 1. The van der Waals surface area contributed by atoms with E-state index in [-0.39, 0.29) is 24.5 Å². The Labute approximate surface area is 188 Å². The van der Waals surface area contributed by atoms with Crippen LogP contribution in [-0.4, -0.2) is 46.0 Å². The van der Waals surface area contributed by atoms with Gasteiger partial charge in [0.2, 0.25) is 5.91 Å². The molecule has 1 N–H and O–H groups in total. The lowest BCUT2D eigenvalue weighted by Crippen LogP contribution is -2.47. The zero-order valence-electron chi connectivity index (χ0n) is 18.9. The number of hydrogen-bond acceptors (Lipinski definition) is 4. The lowest BCUT2D eigenvalue weighted by atomic mass is 10.2. The molecule has 0 saturated heterocycles. The van der Waals surface area contributed by atoms with Crippen LogP contribution >= 0.6 is 0 Å². The van der Waals surface area contributed by atoms with Crippen LogP contribution in [0.2, 0.25) is 0 Å². The topological polar surface area (TPSA) is 80.0 Å². The summed E-state index contributed by atoms with van der Waals surface area (Å²) < 4.78 is 12.7. The number of nitrogens with zero attached hydrogens (tertiary/aromatic N) is 3. The number of methoxy groups -OCH3 is 1. The van der Waals surface area contributed by atoms with Crippen molar-refractivity contribution in [2.45, 2.75) is 33.0 Å². The number of ether oxygens (including phenoxy) is 1. The van der Waals surface area contributed by atoms with Gasteiger partial charge in [0, 0.05) is 25.0 Å². The van der Waals surface area contributed by atoms with Crippen LogP contribution in [0, 0.1) is 0 Å². The highest BCUT2D eigenvalue weighted by Gasteiger charge is 2.25. The number of hydrogen-bond donors (Lipinski definition) is 1. The number of carbonyl (C=O) groups excluding carboxylic acids is 2. The van der Waals surface area contributed by atoms with Crippen LogP contribution in [0.4, 0.5) is 10.5 Å². The molecule has 8 heteroatoms. The summed E-state index contributed by atoms with van der Waals surface area (Å²) in [6.07, 6.45) is 3.52. The molecule has 3 rings (SSSR count). The van der Waals surface area contributed by atoms with E-state index in [9.17, 15) is 9.59 Å². The largest absolute Gasteiger partial charge is 0.495 e. The summed E-state index contributed by atoms with van der Waals surface area (Å²) in [4.78, 5) is 29.6. The van der Waals surface area contributed by atoms with E-state index in [4.69, 9.17) is 9.15 Å². The van der Waals surface area contributed by atoms with Crippen molar-refractivity contribution in [1.82, 2.24) is 14.4 Å². The number of rotatable bonds is 9. The van der Waals surface area contributed by atoms with Gasteiger partial charge in [-0.25, -0.2) is 4.79 Å². The van der Waals surface area contributed by atoms with Gasteiger partial charge in [0.15, 0.2) is 0 Å². The van der Waals surface area contributed by atoms with Crippen LogP contribution in [-0.2, 0) is 24.9 Å². The minimum absolute atomic E-state index is 0.0657. The highest BCUT2D eigenvalue weighted by molar-refractivity contribution is 5.93. The summed E-state index contributed by atoms with van der Waals surface area (Å²) in [7, 11) is 3.48. The van der Waals surface area contributed by atoms with E-state index in [0.29, 0.717) is 30.3 Å². The van der Waals surface area contributed by atoms with Crippen LogP contribution in [0.3, 0.4) is 0 Å². The fourth-order valence-electron chi connectivity index (χ4n) is 3.35. The minimum atomic E-state index is -0.366. The molecule has 2 heterocycles. The number of aryl methyl sites for hydroxylation is 1. The van der Waals surface area contributed by atoms with Crippen molar-refractivity contribution < 1.29 is 18.7 Å². The molecule has 3 aromatic rings. The van der Waals surface area contributed by atoms with Gasteiger partial charge < -0.3 is 28.8 Å². The van der Waals surface area contributed by atoms with Gasteiger partial charge in [-0.3, -0.25) is 4.79 Å². The summed E-state index contributed by atoms with van der Waals surface area (Å²) in [6.45, 7) is 4.41. The normalized spacial score (nSPS) is 10.8. The molecule has 1 aromatic carbocycles. The number of aromatic nitrogens is 1. The maximum atomic E-state index is 13.3. The molecule has 0 fully saturated rings. The van der Waals surface area contributed by atoms with E-state index >= 15 is 0 Å². The fraction of sp³-hybridized carbons (Fsp3) is 0.333. The fourth-order valence-corrected chi connectivity index (χ4v) is 3.35. The number of para-hydroxylation sites is 2. The number of furan rings is 1. The zero-order chi connectivity index (χ0) is 23.1. The first-order valence-electron chi connectivity index (χ1n) is 10.5. The summed E-state index contributed by atoms with van der Waals surface area (Å²) in [5, 5.41) is 2.86. The molecule has 3 amide bonds. The second-order valence-corrected chi connectivity index (χ2v) is 7.79. The second-order valence-electron chi connectivity index (χ2n) is 7.79. The van der Waals surface area contributed by atoms with Gasteiger partial charge in [0.05, 0.1) is 32.1 Å². The Bertz CT molecular complexity index is 1030. The Morgan fingerprint density at radius 2 is 1.88 bits per heavy atom. The summed E-state index contributed by atoms with van der Waals surface area (Å²) in [5.74, 6) is 1.06.